The van der Waals surface area contributed by atoms with Gasteiger partial charge in [-0.1, -0.05) is 54.6 Å². The first kappa shape index (κ1) is 65.0. The minimum atomic E-state index is -3.79. The lowest BCUT2D eigenvalue weighted by atomic mass is 10.0. The molecule has 27 heteroatoms. The lowest BCUT2D eigenvalue weighted by molar-refractivity contribution is 0.0496. The quantitative estimate of drug-likeness (QED) is 0.0320. The van der Waals surface area contributed by atoms with E-state index < -0.39 is 82.2 Å². The Balaban J connectivity index is 0.801. The summed E-state index contributed by atoms with van der Waals surface area (Å²) >= 11 is 3.45. The van der Waals surface area contributed by atoms with Gasteiger partial charge in [-0.05, 0) is 135 Å². The topological polar surface area (TPSA) is 288 Å². The van der Waals surface area contributed by atoms with Crippen LogP contribution in [-0.4, -0.2) is 137 Å². The van der Waals surface area contributed by atoms with Crippen molar-refractivity contribution in [2.45, 2.75) is 37.4 Å². The van der Waals surface area contributed by atoms with Crippen LogP contribution < -0.4 is 40.8 Å². The molecule has 3 N–H and O–H groups in total. The number of carbonyl (C=O) groups is 1. The Morgan fingerprint density at radius 3 is 1.62 bits per heavy atom. The SMILES string of the molecule is COc1ccc(C(CS(C)(=O)=O)n2c(=O)[nH]c3cc(-c4ccc(CCOc5cc(C(CS(C)(=O)=O)n6c(=O)[nH]c7c(C(=O)OCCCCOc8cc(C(CS(C)(=O)=O)n9c(=O)[nH]c%10c(Br)cccc%109)ccc8OC)cccc76)ccc5OC)cc4F)ccc32)cc1. The Morgan fingerprint density at radius 2 is 1.04 bits per heavy atom. The fourth-order valence-electron chi connectivity index (χ4n) is 11.2. The van der Waals surface area contributed by atoms with Crippen LogP contribution in [0, 0.1) is 5.82 Å². The van der Waals surface area contributed by atoms with Crippen molar-refractivity contribution in [1.82, 2.24) is 28.7 Å². The van der Waals surface area contributed by atoms with Crippen LogP contribution in [0.1, 0.15) is 63.6 Å². The number of aromatic amines is 3. The van der Waals surface area contributed by atoms with Gasteiger partial charge in [-0.25, -0.2) is 48.8 Å². The minimum absolute atomic E-state index is 0.0124. The molecular weight excluding hydrogens is 1300 g/mol. The molecule has 10 aromatic rings. The predicted octanol–water partition coefficient (Wildman–Crippen LogP) is 8.75. The average Bonchev–Trinajstić information content (AvgIpc) is 1.70. The second-order valence-electron chi connectivity index (χ2n) is 22.0. The Bertz CT molecular complexity index is 4940. The molecule has 0 aliphatic rings. The lowest BCUT2D eigenvalue weighted by Crippen LogP contribution is -2.28. The number of fused-ring (bicyclic) bond motifs is 3. The largest absolute Gasteiger partial charge is 0.497 e. The number of hydrogen-bond donors (Lipinski definition) is 3. The van der Waals surface area contributed by atoms with Crippen molar-refractivity contribution < 1.29 is 62.9 Å². The Hall–Kier alpha value is -8.92. The van der Waals surface area contributed by atoms with Crippen molar-refractivity contribution in [3.8, 4) is 39.9 Å². The van der Waals surface area contributed by atoms with Gasteiger partial charge < -0.3 is 43.4 Å². The van der Waals surface area contributed by atoms with E-state index in [1.807, 2.05) is 0 Å². The third kappa shape index (κ3) is 14.8. The number of rotatable bonds is 27. The van der Waals surface area contributed by atoms with Crippen LogP contribution in [0.25, 0.3) is 44.2 Å². The summed E-state index contributed by atoms with van der Waals surface area (Å²) in [5, 5.41) is 0. The summed E-state index contributed by atoms with van der Waals surface area (Å²) in [4.78, 5) is 63.0. The summed E-state index contributed by atoms with van der Waals surface area (Å²) in [6, 6.07) is 33.0. The molecule has 0 aliphatic carbocycles. The molecule has 0 saturated heterocycles. The van der Waals surface area contributed by atoms with Crippen LogP contribution in [0.2, 0.25) is 0 Å². The van der Waals surface area contributed by atoms with Gasteiger partial charge in [-0.3, -0.25) is 13.7 Å². The number of esters is 1. The van der Waals surface area contributed by atoms with Crippen LogP contribution in [0.4, 0.5) is 4.39 Å². The normalized spacial score (nSPS) is 13.1. The molecule has 22 nitrogen and oxygen atoms in total. The molecule has 478 valence electrons. The first-order chi connectivity index (χ1) is 43.3. The number of imidazole rings is 3. The number of aromatic nitrogens is 6. The van der Waals surface area contributed by atoms with Gasteiger partial charge in [0, 0.05) is 35.2 Å². The number of nitrogens with one attached hydrogen (secondary N) is 3. The van der Waals surface area contributed by atoms with E-state index in [4.69, 9.17) is 28.4 Å². The van der Waals surface area contributed by atoms with Crippen molar-refractivity contribution >= 4 is 84.5 Å². The van der Waals surface area contributed by atoms with E-state index in [-0.39, 0.29) is 65.7 Å². The number of methoxy groups -OCH3 is 3. The van der Waals surface area contributed by atoms with E-state index in [9.17, 15) is 44.4 Å². The molecule has 3 atom stereocenters. The molecular formula is C64H64BrFN6O16S3. The molecule has 10 rings (SSSR count). The molecule has 0 amide bonds. The van der Waals surface area contributed by atoms with Gasteiger partial charge in [0.2, 0.25) is 0 Å². The van der Waals surface area contributed by atoms with Crippen LogP contribution in [0.3, 0.4) is 0 Å². The van der Waals surface area contributed by atoms with Crippen molar-refractivity contribution in [1.29, 1.82) is 0 Å². The zero-order chi connectivity index (χ0) is 65.1. The summed E-state index contributed by atoms with van der Waals surface area (Å²) in [6.07, 6.45) is 4.18. The van der Waals surface area contributed by atoms with Crippen LogP contribution in [0.15, 0.2) is 152 Å². The van der Waals surface area contributed by atoms with Crippen molar-refractivity contribution in [2.75, 3.05) is 77.2 Å². The van der Waals surface area contributed by atoms with Gasteiger partial charge >= 0.3 is 23.0 Å². The molecule has 3 aromatic heterocycles. The maximum atomic E-state index is 16.1. The van der Waals surface area contributed by atoms with Crippen molar-refractivity contribution in [3.63, 3.8) is 0 Å². The highest BCUT2D eigenvalue weighted by molar-refractivity contribution is 9.10. The highest BCUT2D eigenvalue weighted by Gasteiger charge is 2.30. The maximum Gasteiger partial charge on any atom is 0.340 e. The van der Waals surface area contributed by atoms with Gasteiger partial charge in [-0.2, -0.15) is 0 Å². The fraction of sp³-hybridized carbons (Fsp3) is 0.281. The standard InChI is InChI=1S/C64H64BrFN6O16S3/c1-83-43-21-16-39(17-22-43)52(35-89(4,77)78)70-49-24-18-40(32-48(49)67-62(70)74)44-23-15-38(31-47(44)66)27-30-87-58-34-42(20-26-56(58)85-3)53(36-90(5,79)80)71-50-13-9-11-45(59(50)68-63(71)75)61(73)88-29-8-7-28-86-57-33-41(19-25-55(57)84-2)54(37-91(6,81)82)72-51-14-10-12-46(65)60(51)69-64(72)76/h9-26,31-34,52-54H,7-8,27-30,35-37H2,1-6H3,(H,67,74)(H,68,75)(H,69,76). The molecule has 0 saturated carbocycles. The third-order valence-electron chi connectivity index (χ3n) is 15.4. The number of nitrogens with zero attached hydrogens (tertiary/aromatic N) is 3. The van der Waals surface area contributed by atoms with Crippen molar-refractivity contribution in [2.24, 2.45) is 0 Å². The van der Waals surface area contributed by atoms with E-state index in [1.54, 1.807) is 121 Å². The van der Waals surface area contributed by atoms with Crippen molar-refractivity contribution in [3.05, 3.63) is 203 Å². The number of carbonyl (C=O) groups excluding carboxylic acids is 1. The summed E-state index contributed by atoms with van der Waals surface area (Å²) in [5.74, 6) is -0.864. The first-order valence-corrected chi connectivity index (χ1v) is 35.4. The monoisotopic (exact) mass is 1370 g/mol. The summed E-state index contributed by atoms with van der Waals surface area (Å²) in [5.41, 5.74) is 3.10. The van der Waals surface area contributed by atoms with Crippen LogP contribution in [0.5, 0.6) is 28.7 Å². The number of H-pyrrole nitrogens is 3. The number of sulfone groups is 3. The predicted molar refractivity (Wildman–Crippen MR) is 348 cm³/mol. The molecule has 0 radical (unpaired) electrons. The second-order valence-corrected chi connectivity index (χ2v) is 29.4. The molecule has 3 unspecified atom stereocenters. The van der Waals surface area contributed by atoms with E-state index in [2.05, 4.69) is 30.9 Å². The number of hydrogen-bond acceptors (Lipinski definition) is 16. The highest BCUT2D eigenvalue weighted by Crippen LogP contribution is 2.37. The lowest BCUT2D eigenvalue weighted by Gasteiger charge is -2.21. The smallest absolute Gasteiger partial charge is 0.340 e. The summed E-state index contributed by atoms with van der Waals surface area (Å²) in [7, 11) is -6.58. The Kier molecular flexibility index (Phi) is 19.2. The zero-order valence-corrected chi connectivity index (χ0v) is 54.2. The van der Waals surface area contributed by atoms with Gasteiger partial charge in [0.25, 0.3) is 0 Å². The molecule has 3 heterocycles. The highest BCUT2D eigenvalue weighted by atomic mass is 79.9. The Labute approximate surface area is 530 Å². The van der Waals surface area contributed by atoms with Gasteiger partial charge in [0.1, 0.15) is 41.1 Å². The number of halogens is 2. The summed E-state index contributed by atoms with van der Waals surface area (Å²) < 4.78 is 132. The van der Waals surface area contributed by atoms with E-state index >= 15 is 4.39 Å². The Morgan fingerprint density at radius 1 is 0.527 bits per heavy atom. The van der Waals surface area contributed by atoms with E-state index in [1.165, 1.54) is 47.2 Å². The first-order valence-electron chi connectivity index (χ1n) is 28.4. The van der Waals surface area contributed by atoms with Gasteiger partial charge in [-0.15, -0.1) is 0 Å². The second kappa shape index (κ2) is 26.9. The molecule has 7 aromatic carbocycles. The number of benzene rings is 7. The number of ether oxygens (including phenoxy) is 6. The van der Waals surface area contributed by atoms with Gasteiger partial charge in [0.05, 0.1) is 115 Å². The summed E-state index contributed by atoms with van der Waals surface area (Å²) in [6.45, 7) is 0.0911. The fourth-order valence-corrected chi connectivity index (χ4v) is 14.4. The zero-order valence-electron chi connectivity index (χ0n) is 50.2. The van der Waals surface area contributed by atoms with Gasteiger partial charge in [0.15, 0.2) is 23.0 Å². The average molecular weight is 1370 g/mol. The van der Waals surface area contributed by atoms with Crippen LogP contribution >= 0.6 is 15.9 Å². The molecule has 0 fully saturated rings. The number of unbranched alkanes of at least 4 members (excludes halogenated alkanes) is 1. The maximum absolute atomic E-state index is 16.1. The minimum Gasteiger partial charge on any atom is -0.497 e. The number of para-hydroxylation sites is 2. The van der Waals surface area contributed by atoms with Crippen LogP contribution in [-0.2, 0) is 40.7 Å². The third-order valence-corrected chi connectivity index (χ3v) is 18.8. The molecule has 0 bridgehead atoms. The molecule has 0 spiro atoms. The van der Waals surface area contributed by atoms with E-state index in [0.717, 1.165) is 18.8 Å². The molecule has 0 aliphatic heterocycles. The molecule has 91 heavy (non-hydrogen) atoms. The van der Waals surface area contributed by atoms with E-state index in [0.29, 0.717) is 90.2 Å².